The molecule has 4 N–H and O–H groups in total. The molecular formula is C14H18N2O3. The number of nitrogen functional groups attached to an aromatic ring is 1. The van der Waals surface area contributed by atoms with Crippen molar-refractivity contribution in [2.24, 2.45) is 0 Å². The van der Waals surface area contributed by atoms with E-state index in [2.05, 4.69) is 5.32 Å². The van der Waals surface area contributed by atoms with Gasteiger partial charge in [-0.15, -0.1) is 0 Å². The largest absolute Gasteiger partial charge is 0.481 e. The molecule has 0 aliphatic heterocycles. The van der Waals surface area contributed by atoms with Crippen LogP contribution in [0.4, 0.5) is 5.69 Å². The standard InChI is InChI=1S/C14H18N2O3/c15-11-4-1-3-10(7-11)8-12(17)16-14(5-2-6-14)9-13(18)19/h1,3-4,7H,2,5-6,8-9,15H2,(H,16,17)(H,18,19). The second-order valence-corrected chi connectivity index (χ2v) is 5.17. The zero-order chi connectivity index (χ0) is 13.9. The average molecular weight is 262 g/mol. The number of aliphatic carboxylic acids is 1. The fourth-order valence-electron chi connectivity index (χ4n) is 2.47. The molecule has 1 fully saturated rings. The molecule has 1 aliphatic carbocycles. The zero-order valence-corrected chi connectivity index (χ0v) is 10.7. The van der Waals surface area contributed by atoms with Crippen molar-refractivity contribution < 1.29 is 14.7 Å². The summed E-state index contributed by atoms with van der Waals surface area (Å²) in [6, 6.07) is 7.15. The first-order chi connectivity index (χ1) is 8.99. The van der Waals surface area contributed by atoms with Crippen molar-refractivity contribution in [3.63, 3.8) is 0 Å². The lowest BCUT2D eigenvalue weighted by molar-refractivity contribution is -0.140. The molecule has 5 nitrogen and oxygen atoms in total. The average Bonchev–Trinajstić information content (AvgIpc) is 2.25. The minimum absolute atomic E-state index is 0.00430. The lowest BCUT2D eigenvalue weighted by Gasteiger charge is -2.41. The van der Waals surface area contributed by atoms with Gasteiger partial charge in [-0.25, -0.2) is 0 Å². The molecule has 0 heterocycles. The molecule has 19 heavy (non-hydrogen) atoms. The summed E-state index contributed by atoms with van der Waals surface area (Å²) < 4.78 is 0. The monoisotopic (exact) mass is 262 g/mol. The van der Waals surface area contributed by atoms with Gasteiger partial charge in [0.25, 0.3) is 0 Å². The maximum atomic E-state index is 12.0. The van der Waals surface area contributed by atoms with Crippen molar-refractivity contribution in [3.05, 3.63) is 29.8 Å². The molecular weight excluding hydrogens is 244 g/mol. The normalized spacial score (nSPS) is 16.4. The number of benzene rings is 1. The molecule has 0 spiro atoms. The molecule has 0 atom stereocenters. The van der Waals surface area contributed by atoms with E-state index >= 15 is 0 Å². The second kappa shape index (κ2) is 5.30. The van der Waals surface area contributed by atoms with E-state index < -0.39 is 11.5 Å². The highest BCUT2D eigenvalue weighted by molar-refractivity contribution is 5.81. The van der Waals surface area contributed by atoms with Gasteiger partial charge in [0.1, 0.15) is 0 Å². The van der Waals surface area contributed by atoms with E-state index in [0.717, 1.165) is 24.8 Å². The Morgan fingerprint density at radius 1 is 1.37 bits per heavy atom. The molecule has 0 radical (unpaired) electrons. The van der Waals surface area contributed by atoms with Gasteiger partial charge in [-0.3, -0.25) is 9.59 Å². The molecule has 1 aliphatic rings. The topological polar surface area (TPSA) is 92.4 Å². The van der Waals surface area contributed by atoms with Crippen molar-refractivity contribution in [3.8, 4) is 0 Å². The summed E-state index contributed by atoms with van der Waals surface area (Å²) >= 11 is 0. The van der Waals surface area contributed by atoms with Crippen molar-refractivity contribution in [1.29, 1.82) is 0 Å². The maximum absolute atomic E-state index is 12.0. The summed E-state index contributed by atoms with van der Waals surface area (Å²) in [5.74, 6) is -1.02. The quantitative estimate of drug-likeness (QED) is 0.698. The number of nitrogens with one attached hydrogen (secondary N) is 1. The number of carboxylic acid groups (broad SMARTS) is 1. The van der Waals surface area contributed by atoms with Gasteiger partial charge in [0.05, 0.1) is 18.4 Å². The third kappa shape index (κ3) is 3.47. The zero-order valence-electron chi connectivity index (χ0n) is 10.7. The van der Waals surface area contributed by atoms with Crippen LogP contribution in [0.1, 0.15) is 31.2 Å². The molecule has 1 amide bonds. The molecule has 2 rings (SSSR count). The summed E-state index contributed by atoms with van der Waals surface area (Å²) in [5, 5.41) is 11.8. The predicted octanol–water partition coefficient (Wildman–Crippen LogP) is 1.32. The predicted molar refractivity (Wildman–Crippen MR) is 71.5 cm³/mol. The Labute approximate surface area is 111 Å². The van der Waals surface area contributed by atoms with Crippen LogP contribution in [0.15, 0.2) is 24.3 Å². The number of anilines is 1. The first-order valence-electron chi connectivity index (χ1n) is 6.36. The number of nitrogens with two attached hydrogens (primary N) is 1. The third-order valence-corrected chi connectivity index (χ3v) is 3.52. The van der Waals surface area contributed by atoms with E-state index in [1.807, 2.05) is 6.07 Å². The van der Waals surface area contributed by atoms with Gasteiger partial charge in [-0.1, -0.05) is 12.1 Å². The van der Waals surface area contributed by atoms with E-state index in [0.29, 0.717) is 5.69 Å². The Morgan fingerprint density at radius 2 is 2.11 bits per heavy atom. The van der Waals surface area contributed by atoms with Crippen LogP contribution in [0.5, 0.6) is 0 Å². The van der Waals surface area contributed by atoms with E-state index in [1.54, 1.807) is 18.2 Å². The molecule has 102 valence electrons. The van der Waals surface area contributed by atoms with Crippen LogP contribution in [0.3, 0.4) is 0 Å². The number of hydrogen-bond acceptors (Lipinski definition) is 3. The summed E-state index contributed by atoms with van der Waals surface area (Å²) in [7, 11) is 0. The van der Waals surface area contributed by atoms with Gasteiger partial charge in [0, 0.05) is 5.69 Å². The summed E-state index contributed by atoms with van der Waals surface area (Å²) in [6.45, 7) is 0. The van der Waals surface area contributed by atoms with E-state index in [4.69, 9.17) is 10.8 Å². The van der Waals surface area contributed by atoms with Gasteiger partial charge in [0.2, 0.25) is 5.91 Å². The van der Waals surface area contributed by atoms with E-state index in [9.17, 15) is 9.59 Å². The smallest absolute Gasteiger partial charge is 0.305 e. The third-order valence-electron chi connectivity index (χ3n) is 3.52. The van der Waals surface area contributed by atoms with Crippen LogP contribution in [0.25, 0.3) is 0 Å². The number of hydrogen-bond donors (Lipinski definition) is 3. The lowest BCUT2D eigenvalue weighted by atomic mass is 9.74. The minimum atomic E-state index is -0.871. The number of rotatable bonds is 5. The van der Waals surface area contributed by atoms with Crippen LogP contribution in [0.2, 0.25) is 0 Å². The number of carbonyl (C=O) groups excluding carboxylic acids is 1. The lowest BCUT2D eigenvalue weighted by Crippen LogP contribution is -2.55. The van der Waals surface area contributed by atoms with Crippen LogP contribution in [-0.4, -0.2) is 22.5 Å². The fraction of sp³-hybridized carbons (Fsp3) is 0.429. The number of amides is 1. The summed E-state index contributed by atoms with van der Waals surface area (Å²) in [6.07, 6.45) is 2.66. The van der Waals surface area contributed by atoms with Crippen LogP contribution < -0.4 is 11.1 Å². The molecule has 0 saturated heterocycles. The van der Waals surface area contributed by atoms with E-state index in [1.165, 1.54) is 0 Å². The Kier molecular flexibility index (Phi) is 3.74. The Balaban J connectivity index is 1.95. The molecule has 0 bridgehead atoms. The molecule has 1 aromatic carbocycles. The highest BCUT2D eigenvalue weighted by Crippen LogP contribution is 2.34. The minimum Gasteiger partial charge on any atom is -0.481 e. The number of carboxylic acids is 1. The second-order valence-electron chi connectivity index (χ2n) is 5.17. The molecule has 1 aromatic rings. The van der Waals surface area contributed by atoms with Crippen LogP contribution >= 0.6 is 0 Å². The fourth-order valence-corrected chi connectivity index (χ4v) is 2.47. The number of carbonyl (C=O) groups is 2. The van der Waals surface area contributed by atoms with Gasteiger partial charge < -0.3 is 16.2 Å². The van der Waals surface area contributed by atoms with Crippen LogP contribution in [0, 0.1) is 0 Å². The van der Waals surface area contributed by atoms with Crippen molar-refractivity contribution in [2.45, 2.75) is 37.6 Å². The van der Waals surface area contributed by atoms with Crippen molar-refractivity contribution in [2.75, 3.05) is 5.73 Å². The SMILES string of the molecule is Nc1cccc(CC(=O)NC2(CC(=O)O)CCC2)c1. The van der Waals surface area contributed by atoms with Crippen molar-refractivity contribution in [1.82, 2.24) is 5.32 Å². The van der Waals surface area contributed by atoms with E-state index in [-0.39, 0.29) is 18.7 Å². The molecule has 0 aromatic heterocycles. The molecule has 0 unspecified atom stereocenters. The maximum Gasteiger partial charge on any atom is 0.305 e. The van der Waals surface area contributed by atoms with Gasteiger partial charge in [0.15, 0.2) is 0 Å². The highest BCUT2D eigenvalue weighted by atomic mass is 16.4. The van der Waals surface area contributed by atoms with Gasteiger partial charge in [-0.2, -0.15) is 0 Å². The summed E-state index contributed by atoms with van der Waals surface area (Å²) in [4.78, 5) is 22.8. The Bertz CT molecular complexity index is 495. The Morgan fingerprint density at radius 3 is 2.63 bits per heavy atom. The van der Waals surface area contributed by atoms with Crippen LogP contribution in [-0.2, 0) is 16.0 Å². The van der Waals surface area contributed by atoms with Gasteiger partial charge in [-0.05, 0) is 37.0 Å². The highest BCUT2D eigenvalue weighted by Gasteiger charge is 2.40. The van der Waals surface area contributed by atoms with Crippen molar-refractivity contribution >= 4 is 17.6 Å². The first-order valence-corrected chi connectivity index (χ1v) is 6.36. The molecule has 1 saturated carbocycles. The summed E-state index contributed by atoms with van der Waals surface area (Å²) in [5.41, 5.74) is 6.57. The molecule has 5 heteroatoms. The first kappa shape index (κ1) is 13.4. The Hall–Kier alpha value is -2.04. The van der Waals surface area contributed by atoms with Gasteiger partial charge >= 0.3 is 5.97 Å².